The van der Waals surface area contributed by atoms with Crippen molar-refractivity contribution in [3.8, 4) is 23.0 Å². The van der Waals surface area contributed by atoms with Crippen LogP contribution in [0.3, 0.4) is 0 Å². The molecule has 0 atom stereocenters. The molecular formula is C22H28O5. The second-order valence-corrected chi connectivity index (χ2v) is 5.83. The lowest BCUT2D eigenvalue weighted by molar-refractivity contribution is 0.0979. The van der Waals surface area contributed by atoms with Crippen LogP contribution < -0.4 is 18.9 Å². The van der Waals surface area contributed by atoms with Crippen molar-refractivity contribution >= 4 is 5.78 Å². The maximum Gasteiger partial charge on any atom is 0.166 e. The summed E-state index contributed by atoms with van der Waals surface area (Å²) in [5, 5.41) is 0. The molecule has 0 aliphatic heterocycles. The summed E-state index contributed by atoms with van der Waals surface area (Å²) >= 11 is 0. The summed E-state index contributed by atoms with van der Waals surface area (Å²) in [5.41, 5.74) is 1.49. The van der Waals surface area contributed by atoms with Gasteiger partial charge in [-0.1, -0.05) is 12.1 Å². The summed E-state index contributed by atoms with van der Waals surface area (Å²) < 4.78 is 22.4. The molecule has 0 aromatic heterocycles. The molecule has 0 heterocycles. The third-order valence-electron chi connectivity index (χ3n) is 4.03. The number of rotatable bonds is 11. The molecular weight excluding hydrogens is 344 g/mol. The fourth-order valence-corrected chi connectivity index (χ4v) is 2.89. The van der Waals surface area contributed by atoms with Gasteiger partial charge in [0.1, 0.15) is 11.5 Å². The van der Waals surface area contributed by atoms with Crippen LogP contribution in [0.2, 0.25) is 0 Å². The van der Waals surface area contributed by atoms with Gasteiger partial charge >= 0.3 is 0 Å². The lowest BCUT2D eigenvalue weighted by atomic mass is 10.0. The number of hydrogen-bond donors (Lipinski definition) is 0. The summed E-state index contributed by atoms with van der Waals surface area (Å²) in [6, 6.07) is 11.1. The first kappa shape index (κ1) is 20.6. The molecule has 0 bridgehead atoms. The first-order valence-electron chi connectivity index (χ1n) is 9.36. The monoisotopic (exact) mass is 372 g/mol. The quantitative estimate of drug-likeness (QED) is 0.535. The predicted octanol–water partition coefficient (Wildman–Crippen LogP) is 4.71. The van der Waals surface area contributed by atoms with Gasteiger partial charge in [-0.3, -0.25) is 4.79 Å². The summed E-state index contributed by atoms with van der Waals surface area (Å²) in [6.07, 6.45) is 0.856. The van der Waals surface area contributed by atoms with Crippen LogP contribution >= 0.6 is 0 Å². The van der Waals surface area contributed by atoms with Crippen LogP contribution in [0.5, 0.6) is 23.0 Å². The molecule has 0 unspecified atom stereocenters. The van der Waals surface area contributed by atoms with Crippen molar-refractivity contribution in [2.75, 3.05) is 26.9 Å². The van der Waals surface area contributed by atoms with E-state index in [1.807, 2.05) is 51.1 Å². The van der Waals surface area contributed by atoms with Gasteiger partial charge in [0.15, 0.2) is 17.3 Å². The Kier molecular flexibility index (Phi) is 7.99. The van der Waals surface area contributed by atoms with E-state index < -0.39 is 0 Å². The average Bonchev–Trinajstić information content (AvgIpc) is 2.68. The molecule has 0 saturated heterocycles. The first-order chi connectivity index (χ1) is 13.1. The Morgan fingerprint density at radius 1 is 0.889 bits per heavy atom. The third-order valence-corrected chi connectivity index (χ3v) is 4.03. The number of benzene rings is 2. The molecule has 27 heavy (non-hydrogen) atoms. The van der Waals surface area contributed by atoms with Crippen LogP contribution in [0.15, 0.2) is 36.4 Å². The van der Waals surface area contributed by atoms with Gasteiger partial charge in [-0.25, -0.2) is 0 Å². The van der Waals surface area contributed by atoms with Crippen molar-refractivity contribution < 1.29 is 23.7 Å². The number of ether oxygens (including phenoxy) is 4. The van der Waals surface area contributed by atoms with Gasteiger partial charge in [0, 0.05) is 18.1 Å². The molecule has 2 aromatic rings. The number of ketones is 1. The van der Waals surface area contributed by atoms with Gasteiger partial charge in [0.05, 0.1) is 32.5 Å². The molecule has 2 rings (SSSR count). The van der Waals surface area contributed by atoms with Gasteiger partial charge in [-0.05, 0) is 45.4 Å². The highest BCUT2D eigenvalue weighted by Gasteiger charge is 2.17. The second-order valence-electron chi connectivity index (χ2n) is 5.83. The van der Waals surface area contributed by atoms with E-state index >= 15 is 0 Å². The van der Waals surface area contributed by atoms with Crippen molar-refractivity contribution in [2.45, 2.75) is 33.6 Å². The molecule has 0 N–H and O–H groups in total. The highest BCUT2D eigenvalue weighted by molar-refractivity contribution is 5.98. The SMILES string of the molecule is CCOc1cc(CCC(=O)c2ccccc2OCC)c(OCC)c(OC)c1. The zero-order valence-corrected chi connectivity index (χ0v) is 16.5. The normalized spacial score (nSPS) is 10.4. The molecule has 0 radical (unpaired) electrons. The maximum absolute atomic E-state index is 12.8. The highest BCUT2D eigenvalue weighted by Crippen LogP contribution is 2.37. The van der Waals surface area contributed by atoms with Crippen molar-refractivity contribution in [2.24, 2.45) is 0 Å². The zero-order chi connectivity index (χ0) is 19.6. The smallest absolute Gasteiger partial charge is 0.166 e. The molecule has 0 aliphatic carbocycles. The topological polar surface area (TPSA) is 54.0 Å². The Hall–Kier alpha value is -2.69. The third kappa shape index (κ3) is 5.39. The molecule has 0 saturated carbocycles. The largest absolute Gasteiger partial charge is 0.494 e. The Bertz CT molecular complexity index is 754. The van der Waals surface area contributed by atoms with Crippen molar-refractivity contribution in [1.82, 2.24) is 0 Å². The maximum atomic E-state index is 12.8. The fourth-order valence-electron chi connectivity index (χ4n) is 2.89. The molecule has 0 amide bonds. The number of para-hydroxylation sites is 1. The predicted molar refractivity (Wildman–Crippen MR) is 106 cm³/mol. The van der Waals surface area contributed by atoms with Crippen LogP contribution in [0.25, 0.3) is 0 Å². The van der Waals surface area contributed by atoms with Crippen LogP contribution in [-0.4, -0.2) is 32.7 Å². The summed E-state index contributed by atoms with van der Waals surface area (Å²) in [6.45, 7) is 7.34. The number of carbonyl (C=O) groups excluding carboxylic acids is 1. The van der Waals surface area contributed by atoms with E-state index in [2.05, 4.69) is 0 Å². The molecule has 5 nitrogen and oxygen atoms in total. The first-order valence-corrected chi connectivity index (χ1v) is 9.36. The van der Waals surface area contributed by atoms with E-state index in [1.165, 1.54) is 0 Å². The summed E-state index contributed by atoms with van der Waals surface area (Å²) in [7, 11) is 1.60. The number of Topliss-reactive ketones (excluding diaryl/α,β-unsaturated/α-hetero) is 1. The van der Waals surface area contributed by atoms with E-state index in [1.54, 1.807) is 13.2 Å². The lowest BCUT2D eigenvalue weighted by Gasteiger charge is -2.16. The van der Waals surface area contributed by atoms with Crippen LogP contribution in [-0.2, 0) is 6.42 Å². The molecule has 0 fully saturated rings. The number of carbonyl (C=O) groups is 1. The number of hydrogen-bond acceptors (Lipinski definition) is 5. The Balaban J connectivity index is 2.25. The zero-order valence-electron chi connectivity index (χ0n) is 16.5. The van der Waals surface area contributed by atoms with E-state index in [0.29, 0.717) is 61.2 Å². The van der Waals surface area contributed by atoms with Crippen molar-refractivity contribution in [3.63, 3.8) is 0 Å². The minimum absolute atomic E-state index is 0.0299. The van der Waals surface area contributed by atoms with E-state index in [4.69, 9.17) is 18.9 Å². The standard InChI is InChI=1S/C22H28O5/c1-5-25-17-14-16(22(27-7-3)21(15-17)24-4)12-13-19(23)18-10-8-9-11-20(18)26-6-2/h8-11,14-15H,5-7,12-13H2,1-4H3. The van der Waals surface area contributed by atoms with E-state index in [0.717, 1.165) is 5.56 Å². The molecule has 0 aliphatic rings. The molecule has 2 aromatic carbocycles. The van der Waals surface area contributed by atoms with Crippen molar-refractivity contribution in [1.29, 1.82) is 0 Å². The Morgan fingerprint density at radius 3 is 2.26 bits per heavy atom. The van der Waals surface area contributed by atoms with Gasteiger partial charge in [0.2, 0.25) is 0 Å². The number of methoxy groups -OCH3 is 1. The molecule has 146 valence electrons. The number of aryl methyl sites for hydroxylation is 1. The molecule has 5 heteroatoms. The minimum Gasteiger partial charge on any atom is -0.494 e. The molecule has 0 spiro atoms. The van der Waals surface area contributed by atoms with Gasteiger partial charge in [-0.15, -0.1) is 0 Å². The van der Waals surface area contributed by atoms with Crippen LogP contribution in [0.4, 0.5) is 0 Å². The van der Waals surface area contributed by atoms with Crippen LogP contribution in [0.1, 0.15) is 43.1 Å². The van der Waals surface area contributed by atoms with Crippen LogP contribution in [0, 0.1) is 0 Å². The lowest BCUT2D eigenvalue weighted by Crippen LogP contribution is -2.07. The van der Waals surface area contributed by atoms with E-state index in [9.17, 15) is 4.79 Å². The Morgan fingerprint density at radius 2 is 1.59 bits per heavy atom. The van der Waals surface area contributed by atoms with E-state index in [-0.39, 0.29) is 5.78 Å². The summed E-state index contributed by atoms with van der Waals surface area (Å²) in [4.78, 5) is 12.8. The van der Waals surface area contributed by atoms with Gasteiger partial charge in [0.25, 0.3) is 0 Å². The minimum atomic E-state index is 0.0299. The second kappa shape index (κ2) is 10.5. The Labute approximate surface area is 161 Å². The van der Waals surface area contributed by atoms with Crippen molar-refractivity contribution in [3.05, 3.63) is 47.5 Å². The van der Waals surface area contributed by atoms with Gasteiger partial charge < -0.3 is 18.9 Å². The summed E-state index contributed by atoms with van der Waals surface area (Å²) in [5.74, 6) is 2.63. The fraction of sp³-hybridized carbons (Fsp3) is 0.409. The average molecular weight is 372 g/mol. The van der Waals surface area contributed by atoms with Gasteiger partial charge in [-0.2, -0.15) is 0 Å². The highest BCUT2D eigenvalue weighted by atomic mass is 16.5.